The van der Waals surface area contributed by atoms with Crippen LogP contribution in [0.4, 0.5) is 22.0 Å². The Balaban J connectivity index is 2.89. The van der Waals surface area contributed by atoms with Gasteiger partial charge in [-0.15, -0.1) is 0 Å². The third-order valence-electron chi connectivity index (χ3n) is 2.49. The molecule has 1 saturated heterocycles. The second kappa shape index (κ2) is 5.26. The van der Waals surface area contributed by atoms with Crippen molar-refractivity contribution in [2.24, 2.45) is 0 Å². The summed E-state index contributed by atoms with van der Waals surface area (Å²) in [6.45, 7) is 1.96. The van der Waals surface area contributed by atoms with Crippen molar-refractivity contribution in [2.75, 3.05) is 13.4 Å². The van der Waals surface area contributed by atoms with E-state index in [2.05, 4.69) is 20.8 Å². The molecule has 2 unspecified atom stereocenters. The number of hydrogen-bond acceptors (Lipinski definition) is 5. The molecule has 1 heterocycles. The van der Waals surface area contributed by atoms with E-state index in [1.54, 1.807) is 0 Å². The molecular formula is C10H11F5O5. The lowest BCUT2D eigenvalue weighted by atomic mass is 10.0. The summed E-state index contributed by atoms with van der Waals surface area (Å²) in [6.07, 6.45) is -8.26. The number of carbonyl (C=O) groups is 1. The van der Waals surface area contributed by atoms with Gasteiger partial charge in [0, 0.05) is 5.57 Å². The van der Waals surface area contributed by atoms with E-state index in [-0.39, 0.29) is 5.57 Å². The SMILES string of the molecule is C=C(C)C(=O)OCC1OCOC(O)(C(F)(F)F)C1(F)F. The van der Waals surface area contributed by atoms with Gasteiger partial charge in [-0.25, -0.2) is 4.79 Å². The zero-order chi connectivity index (χ0) is 15.8. The minimum atomic E-state index is -5.75. The van der Waals surface area contributed by atoms with E-state index >= 15 is 0 Å². The van der Waals surface area contributed by atoms with Crippen LogP contribution in [0.1, 0.15) is 6.92 Å². The van der Waals surface area contributed by atoms with Crippen molar-refractivity contribution in [2.45, 2.75) is 30.9 Å². The van der Waals surface area contributed by atoms with Crippen molar-refractivity contribution in [3.63, 3.8) is 0 Å². The maximum absolute atomic E-state index is 13.6. The van der Waals surface area contributed by atoms with Crippen LogP contribution in [0.25, 0.3) is 0 Å². The van der Waals surface area contributed by atoms with Crippen LogP contribution in [-0.2, 0) is 19.0 Å². The van der Waals surface area contributed by atoms with Gasteiger partial charge in [0.2, 0.25) is 0 Å². The number of esters is 1. The fraction of sp³-hybridized carbons (Fsp3) is 0.700. The van der Waals surface area contributed by atoms with E-state index in [0.717, 1.165) is 0 Å². The van der Waals surface area contributed by atoms with Crippen LogP contribution in [0.3, 0.4) is 0 Å². The Morgan fingerprint density at radius 3 is 2.50 bits per heavy atom. The third kappa shape index (κ3) is 2.76. The first-order valence-electron chi connectivity index (χ1n) is 5.18. The van der Waals surface area contributed by atoms with Crippen molar-refractivity contribution in [1.29, 1.82) is 0 Å². The molecule has 0 aromatic heterocycles. The van der Waals surface area contributed by atoms with E-state index in [1.807, 2.05) is 0 Å². The summed E-state index contributed by atoms with van der Waals surface area (Å²) in [4.78, 5) is 11.0. The summed E-state index contributed by atoms with van der Waals surface area (Å²) in [5.74, 6) is -10.6. The van der Waals surface area contributed by atoms with Crippen molar-refractivity contribution >= 4 is 5.97 Å². The minimum Gasteiger partial charge on any atom is -0.459 e. The Bertz CT molecular complexity index is 407. The van der Waals surface area contributed by atoms with Crippen LogP contribution in [0.15, 0.2) is 12.2 Å². The number of rotatable bonds is 3. The molecule has 0 aliphatic carbocycles. The molecule has 0 saturated carbocycles. The number of halogens is 5. The van der Waals surface area contributed by atoms with Gasteiger partial charge < -0.3 is 19.3 Å². The van der Waals surface area contributed by atoms with Crippen molar-refractivity contribution < 1.29 is 46.1 Å². The maximum Gasteiger partial charge on any atom is 0.449 e. The van der Waals surface area contributed by atoms with Crippen LogP contribution in [0, 0.1) is 0 Å². The Morgan fingerprint density at radius 1 is 1.50 bits per heavy atom. The smallest absolute Gasteiger partial charge is 0.449 e. The highest BCUT2D eigenvalue weighted by Crippen LogP contribution is 2.47. The standard InChI is InChI=1S/C10H11F5O5/c1-5(2)7(16)18-3-6-8(11,12)9(17,10(13,14)15)20-4-19-6/h6,17H,1,3-4H2,2H3. The highest BCUT2D eigenvalue weighted by Gasteiger charge is 2.75. The van der Waals surface area contributed by atoms with Crippen LogP contribution < -0.4 is 0 Å². The third-order valence-corrected chi connectivity index (χ3v) is 2.49. The minimum absolute atomic E-state index is 0.133. The molecule has 10 heteroatoms. The largest absolute Gasteiger partial charge is 0.459 e. The quantitative estimate of drug-likeness (QED) is 0.484. The molecule has 0 aromatic rings. The fourth-order valence-electron chi connectivity index (χ4n) is 1.32. The van der Waals surface area contributed by atoms with E-state index in [1.165, 1.54) is 6.92 Å². The monoisotopic (exact) mass is 306 g/mol. The van der Waals surface area contributed by atoms with E-state index < -0.39 is 43.4 Å². The van der Waals surface area contributed by atoms with E-state index in [4.69, 9.17) is 5.11 Å². The topological polar surface area (TPSA) is 65.0 Å². The van der Waals surface area contributed by atoms with Crippen molar-refractivity contribution in [3.8, 4) is 0 Å². The van der Waals surface area contributed by atoms with Crippen LogP contribution in [0.2, 0.25) is 0 Å². The van der Waals surface area contributed by atoms with Gasteiger partial charge in [-0.05, 0) is 6.92 Å². The first kappa shape index (κ1) is 16.8. The number of carbonyl (C=O) groups excluding carboxylic acids is 1. The Morgan fingerprint density at radius 2 is 2.05 bits per heavy atom. The van der Waals surface area contributed by atoms with Crippen LogP contribution in [0.5, 0.6) is 0 Å². The second-order valence-corrected chi connectivity index (χ2v) is 4.06. The predicted octanol–water partition coefficient (Wildman–Crippen LogP) is 1.36. The van der Waals surface area contributed by atoms with Crippen molar-refractivity contribution in [3.05, 3.63) is 12.2 Å². The first-order valence-corrected chi connectivity index (χ1v) is 5.18. The van der Waals surface area contributed by atoms with Gasteiger partial charge in [0.15, 0.2) is 12.9 Å². The lowest BCUT2D eigenvalue weighted by Crippen LogP contribution is -2.69. The molecule has 116 valence electrons. The highest BCUT2D eigenvalue weighted by atomic mass is 19.4. The second-order valence-electron chi connectivity index (χ2n) is 4.06. The predicted molar refractivity (Wildman–Crippen MR) is 52.5 cm³/mol. The molecule has 0 radical (unpaired) electrons. The zero-order valence-corrected chi connectivity index (χ0v) is 10.2. The highest BCUT2D eigenvalue weighted by molar-refractivity contribution is 5.86. The Kier molecular flexibility index (Phi) is 4.42. The summed E-state index contributed by atoms with van der Waals surface area (Å²) < 4.78 is 76.9. The summed E-state index contributed by atoms with van der Waals surface area (Å²) in [6, 6.07) is 0. The molecule has 1 aliphatic heterocycles. The van der Waals surface area contributed by atoms with Gasteiger partial charge in [-0.1, -0.05) is 6.58 Å². The number of ether oxygens (including phenoxy) is 3. The van der Waals surface area contributed by atoms with Crippen LogP contribution >= 0.6 is 0 Å². The zero-order valence-electron chi connectivity index (χ0n) is 10.2. The maximum atomic E-state index is 13.6. The molecule has 1 rings (SSSR count). The summed E-state index contributed by atoms with van der Waals surface area (Å²) in [5, 5.41) is 9.05. The van der Waals surface area contributed by atoms with Crippen LogP contribution in [-0.4, -0.2) is 48.5 Å². The lowest BCUT2D eigenvalue weighted by molar-refractivity contribution is -0.484. The van der Waals surface area contributed by atoms with Gasteiger partial charge in [-0.2, -0.15) is 22.0 Å². The number of hydrogen-bond donors (Lipinski definition) is 1. The van der Waals surface area contributed by atoms with E-state index in [0.29, 0.717) is 0 Å². The molecule has 0 aromatic carbocycles. The lowest BCUT2D eigenvalue weighted by Gasteiger charge is -2.43. The van der Waals surface area contributed by atoms with Gasteiger partial charge >= 0.3 is 23.9 Å². The number of aliphatic hydroxyl groups is 1. The molecule has 1 N–H and O–H groups in total. The van der Waals surface area contributed by atoms with Gasteiger partial charge in [0.05, 0.1) is 0 Å². The molecule has 0 amide bonds. The molecule has 2 atom stereocenters. The van der Waals surface area contributed by atoms with Gasteiger partial charge in [-0.3, -0.25) is 0 Å². The summed E-state index contributed by atoms with van der Waals surface area (Å²) in [5.41, 5.74) is -0.133. The molecule has 1 fully saturated rings. The average Bonchev–Trinajstić information content (AvgIpc) is 2.29. The van der Waals surface area contributed by atoms with Gasteiger partial charge in [0.1, 0.15) is 6.61 Å². The van der Waals surface area contributed by atoms with E-state index in [9.17, 15) is 26.7 Å². The Labute approximate surface area is 109 Å². The molecule has 0 spiro atoms. The fourth-order valence-corrected chi connectivity index (χ4v) is 1.32. The average molecular weight is 306 g/mol. The number of alkyl halides is 5. The molecule has 0 bridgehead atoms. The molecule has 5 nitrogen and oxygen atoms in total. The van der Waals surface area contributed by atoms with Gasteiger partial charge in [0.25, 0.3) is 0 Å². The van der Waals surface area contributed by atoms with Crippen molar-refractivity contribution in [1.82, 2.24) is 0 Å². The molecule has 20 heavy (non-hydrogen) atoms. The Hall–Kier alpha value is -1.26. The summed E-state index contributed by atoms with van der Waals surface area (Å²) >= 11 is 0. The normalized spacial score (nSPS) is 29.9. The molecular weight excluding hydrogens is 295 g/mol. The molecule has 1 aliphatic rings. The summed E-state index contributed by atoms with van der Waals surface area (Å²) in [7, 11) is 0. The first-order chi connectivity index (χ1) is 8.93.